The summed E-state index contributed by atoms with van der Waals surface area (Å²) in [5.74, 6) is 0.700. The van der Waals surface area contributed by atoms with Gasteiger partial charge in [-0.05, 0) is 17.5 Å². The maximum atomic E-state index is 5.37. The molecule has 0 aliphatic heterocycles. The second-order valence-electron chi connectivity index (χ2n) is 3.63. The second kappa shape index (κ2) is 4.18. The van der Waals surface area contributed by atoms with Crippen molar-refractivity contribution in [3.05, 3.63) is 48.0 Å². The predicted molar refractivity (Wildman–Crippen MR) is 70.4 cm³/mol. The fourth-order valence-electron chi connectivity index (χ4n) is 1.88. The van der Waals surface area contributed by atoms with E-state index in [1.54, 1.807) is 18.4 Å². The van der Waals surface area contributed by atoms with Crippen LogP contribution in [0.1, 0.15) is 0 Å². The van der Waals surface area contributed by atoms with Crippen LogP contribution in [0.2, 0.25) is 0 Å². The number of hydrogen-bond donors (Lipinski definition) is 0. The van der Waals surface area contributed by atoms with Gasteiger partial charge in [-0.2, -0.15) is 0 Å². The molecule has 17 heavy (non-hydrogen) atoms. The van der Waals surface area contributed by atoms with Gasteiger partial charge >= 0.3 is 0 Å². The normalized spacial score (nSPS) is 10.6. The fourth-order valence-corrected chi connectivity index (χ4v) is 2.67. The van der Waals surface area contributed by atoms with Crippen LogP contribution in [0.15, 0.2) is 41.8 Å². The summed E-state index contributed by atoms with van der Waals surface area (Å²) in [5.41, 5.74) is 2.02. The molecule has 3 aromatic rings. The summed E-state index contributed by atoms with van der Waals surface area (Å²) in [6.45, 7) is 0. The van der Waals surface area contributed by atoms with Gasteiger partial charge in [-0.3, -0.25) is 0 Å². The highest BCUT2D eigenvalue weighted by molar-refractivity contribution is 7.13. The van der Waals surface area contributed by atoms with Crippen molar-refractivity contribution in [1.82, 2.24) is 4.98 Å². The topological polar surface area (TPSA) is 22.1 Å². The van der Waals surface area contributed by atoms with Gasteiger partial charge in [-0.1, -0.05) is 24.3 Å². The Hall–Kier alpha value is -1.87. The van der Waals surface area contributed by atoms with Gasteiger partial charge in [0.1, 0.15) is 6.20 Å². The number of para-hydroxylation sites is 1. The van der Waals surface area contributed by atoms with Crippen LogP contribution in [0, 0.1) is 6.20 Å². The lowest BCUT2D eigenvalue weighted by atomic mass is 10.1. The lowest BCUT2D eigenvalue weighted by Crippen LogP contribution is -1.90. The number of benzene rings is 1. The van der Waals surface area contributed by atoms with E-state index in [2.05, 4.69) is 28.7 Å². The Morgan fingerprint density at radius 2 is 2.06 bits per heavy atom. The van der Waals surface area contributed by atoms with Gasteiger partial charge in [0.05, 0.1) is 12.6 Å². The largest absolute Gasteiger partial charge is 0.494 e. The molecule has 0 N–H and O–H groups in total. The summed E-state index contributed by atoms with van der Waals surface area (Å²) in [5, 5.41) is 3.16. The number of hydrogen-bond acceptors (Lipinski definition) is 3. The number of fused-ring (bicyclic) bond motifs is 1. The molecule has 2 nitrogen and oxygen atoms in total. The molecule has 0 fully saturated rings. The van der Waals surface area contributed by atoms with Crippen molar-refractivity contribution in [2.45, 2.75) is 0 Å². The van der Waals surface area contributed by atoms with Gasteiger partial charge in [0.25, 0.3) is 0 Å². The molecule has 0 amide bonds. The van der Waals surface area contributed by atoms with Gasteiger partial charge in [-0.15, -0.1) is 11.3 Å². The van der Waals surface area contributed by atoms with E-state index in [0.29, 0.717) is 5.75 Å². The zero-order valence-corrected chi connectivity index (χ0v) is 10.1. The molecular weight excluding hydrogens is 230 g/mol. The molecule has 83 valence electrons. The van der Waals surface area contributed by atoms with Crippen LogP contribution in [0.4, 0.5) is 0 Å². The van der Waals surface area contributed by atoms with Crippen molar-refractivity contribution in [3.8, 4) is 16.2 Å². The lowest BCUT2D eigenvalue weighted by Gasteiger charge is -2.09. The van der Waals surface area contributed by atoms with Crippen LogP contribution in [0.25, 0.3) is 21.3 Å². The minimum absolute atomic E-state index is 0.700. The Kier molecular flexibility index (Phi) is 2.53. The minimum Gasteiger partial charge on any atom is -0.494 e. The number of methoxy groups -OCH3 is 1. The highest BCUT2D eigenvalue weighted by Gasteiger charge is 2.12. The first kappa shape index (κ1) is 10.3. The van der Waals surface area contributed by atoms with Crippen molar-refractivity contribution < 1.29 is 4.74 Å². The smallest absolute Gasteiger partial charge is 0.156 e. The average Bonchev–Trinajstić information content (AvgIpc) is 2.91. The Balaban J connectivity index is 2.39. The van der Waals surface area contributed by atoms with E-state index >= 15 is 0 Å². The number of aromatic nitrogens is 1. The van der Waals surface area contributed by atoms with E-state index in [4.69, 9.17) is 4.74 Å². The Morgan fingerprint density at radius 1 is 1.18 bits per heavy atom. The fraction of sp³-hybridized carbons (Fsp3) is 0.0714. The molecular formula is C14H10NOS. The molecule has 3 rings (SSSR count). The summed E-state index contributed by atoms with van der Waals surface area (Å²) in [7, 11) is 1.65. The summed E-state index contributed by atoms with van der Waals surface area (Å²) in [6, 6.07) is 12.2. The molecule has 3 heteroatoms. The van der Waals surface area contributed by atoms with Gasteiger partial charge < -0.3 is 4.74 Å². The molecule has 1 aromatic carbocycles. The van der Waals surface area contributed by atoms with Crippen molar-refractivity contribution in [2.24, 2.45) is 0 Å². The van der Waals surface area contributed by atoms with E-state index in [9.17, 15) is 0 Å². The maximum Gasteiger partial charge on any atom is 0.156 e. The zero-order valence-electron chi connectivity index (χ0n) is 9.31. The summed E-state index contributed by atoms with van der Waals surface area (Å²) in [6.07, 6.45) is 2.95. The number of thiophene rings is 1. The van der Waals surface area contributed by atoms with Crippen LogP contribution in [0.3, 0.4) is 0 Å². The number of nitrogens with zero attached hydrogens (tertiary/aromatic N) is 1. The van der Waals surface area contributed by atoms with Crippen molar-refractivity contribution in [3.63, 3.8) is 0 Å². The third kappa shape index (κ3) is 1.68. The first-order valence-corrected chi connectivity index (χ1v) is 6.16. The SMILES string of the molecule is COc1[c]nc2ccccc2c1-c1cccs1. The molecule has 0 aliphatic carbocycles. The van der Waals surface area contributed by atoms with Crippen LogP contribution in [-0.4, -0.2) is 12.1 Å². The third-order valence-electron chi connectivity index (χ3n) is 2.65. The van der Waals surface area contributed by atoms with Gasteiger partial charge in [-0.25, -0.2) is 4.98 Å². The summed E-state index contributed by atoms with van der Waals surface area (Å²) in [4.78, 5) is 5.45. The molecule has 0 spiro atoms. The number of rotatable bonds is 2. The van der Waals surface area contributed by atoms with Crippen LogP contribution < -0.4 is 4.74 Å². The summed E-state index contributed by atoms with van der Waals surface area (Å²) < 4.78 is 5.37. The predicted octanol–water partition coefficient (Wildman–Crippen LogP) is 3.77. The van der Waals surface area contributed by atoms with Crippen molar-refractivity contribution >= 4 is 22.2 Å². The molecule has 0 atom stereocenters. The Bertz CT molecular complexity index is 646. The lowest BCUT2D eigenvalue weighted by molar-refractivity contribution is 0.414. The zero-order chi connectivity index (χ0) is 11.7. The number of ether oxygens (including phenoxy) is 1. The standard InChI is InChI=1S/C14H10NOS/c1-16-12-9-15-11-6-3-2-5-10(11)14(12)13-7-4-8-17-13/h2-8H,1H3. The number of pyridine rings is 1. The van der Waals surface area contributed by atoms with E-state index in [-0.39, 0.29) is 0 Å². The molecule has 0 saturated carbocycles. The Labute approximate surface area is 104 Å². The Morgan fingerprint density at radius 3 is 2.82 bits per heavy atom. The summed E-state index contributed by atoms with van der Waals surface area (Å²) >= 11 is 1.69. The van der Waals surface area contributed by atoms with E-state index in [1.165, 1.54) is 4.88 Å². The third-order valence-corrected chi connectivity index (χ3v) is 3.54. The highest BCUT2D eigenvalue weighted by Crippen LogP contribution is 2.37. The molecule has 1 radical (unpaired) electrons. The molecule has 0 aliphatic rings. The second-order valence-corrected chi connectivity index (χ2v) is 4.57. The average molecular weight is 240 g/mol. The van der Waals surface area contributed by atoms with Gasteiger partial charge in [0.15, 0.2) is 5.75 Å². The van der Waals surface area contributed by atoms with Crippen molar-refractivity contribution in [1.29, 1.82) is 0 Å². The minimum atomic E-state index is 0.700. The van der Waals surface area contributed by atoms with Gasteiger partial charge in [0.2, 0.25) is 0 Å². The quantitative estimate of drug-likeness (QED) is 0.680. The van der Waals surface area contributed by atoms with E-state index in [1.807, 2.05) is 24.3 Å². The van der Waals surface area contributed by atoms with E-state index < -0.39 is 0 Å². The molecule has 0 saturated heterocycles. The first-order valence-electron chi connectivity index (χ1n) is 5.28. The first-order chi connectivity index (χ1) is 8.40. The van der Waals surface area contributed by atoms with Crippen LogP contribution in [0.5, 0.6) is 5.75 Å². The maximum absolute atomic E-state index is 5.37. The monoisotopic (exact) mass is 240 g/mol. The molecule has 0 unspecified atom stereocenters. The van der Waals surface area contributed by atoms with Crippen LogP contribution >= 0.6 is 11.3 Å². The highest BCUT2D eigenvalue weighted by atomic mass is 32.1. The molecule has 0 bridgehead atoms. The van der Waals surface area contributed by atoms with E-state index in [0.717, 1.165) is 16.5 Å². The van der Waals surface area contributed by atoms with Gasteiger partial charge in [0, 0.05) is 15.8 Å². The molecule has 2 aromatic heterocycles. The van der Waals surface area contributed by atoms with Crippen molar-refractivity contribution in [2.75, 3.05) is 7.11 Å². The van der Waals surface area contributed by atoms with Crippen LogP contribution in [-0.2, 0) is 0 Å². The molecule has 2 heterocycles.